The van der Waals surface area contributed by atoms with Gasteiger partial charge in [-0.25, -0.2) is 0 Å². The van der Waals surface area contributed by atoms with Crippen LogP contribution < -0.4 is 10.6 Å². The van der Waals surface area contributed by atoms with Crippen LogP contribution in [0.4, 0.5) is 13.2 Å². The van der Waals surface area contributed by atoms with Gasteiger partial charge in [-0.3, -0.25) is 4.79 Å². The molecule has 1 aromatic carbocycles. The second kappa shape index (κ2) is 6.40. The lowest BCUT2D eigenvalue weighted by Gasteiger charge is -2.46. The number of Topliss-reactive ketones (excluding diaryl/α,β-unsaturated/α-hetero) is 1. The number of halogens is 3. The Kier molecular flexibility index (Phi) is 4.56. The van der Waals surface area contributed by atoms with E-state index in [4.69, 9.17) is 12.2 Å². The number of aliphatic hydroxyl groups is 1. The molecule has 2 aromatic rings. The quantitative estimate of drug-likeness (QED) is 0.559. The van der Waals surface area contributed by atoms with E-state index in [-0.39, 0.29) is 9.99 Å². The van der Waals surface area contributed by atoms with Crippen molar-refractivity contribution >= 4 is 34.5 Å². The van der Waals surface area contributed by atoms with Gasteiger partial charge in [0.1, 0.15) is 5.92 Å². The number of benzene rings is 1. The highest BCUT2D eigenvalue weighted by molar-refractivity contribution is 7.80. The van der Waals surface area contributed by atoms with Crippen molar-refractivity contribution in [1.29, 1.82) is 0 Å². The van der Waals surface area contributed by atoms with E-state index in [0.29, 0.717) is 5.56 Å². The summed E-state index contributed by atoms with van der Waals surface area (Å²) in [6.07, 6.45) is -5.11. The average Bonchev–Trinajstić information content (AvgIpc) is 3.08. The maximum atomic E-state index is 13.7. The van der Waals surface area contributed by atoms with Crippen molar-refractivity contribution in [2.24, 2.45) is 5.92 Å². The number of rotatable bonds is 3. The van der Waals surface area contributed by atoms with Gasteiger partial charge >= 0.3 is 6.18 Å². The molecule has 0 amide bonds. The van der Waals surface area contributed by atoms with Crippen molar-refractivity contribution in [2.75, 3.05) is 0 Å². The SMILES string of the molecule is O=C(c1cccs1)[C@H]1[C@@H](c2ccccc2)NC(=S)N[C@]1(O)C(F)(F)F. The number of ketones is 1. The van der Waals surface area contributed by atoms with Gasteiger partial charge in [-0.1, -0.05) is 36.4 Å². The number of thiocarbonyl (C=S) groups is 1. The van der Waals surface area contributed by atoms with Crippen LogP contribution in [0.1, 0.15) is 21.3 Å². The topological polar surface area (TPSA) is 61.4 Å². The van der Waals surface area contributed by atoms with E-state index in [0.717, 1.165) is 11.3 Å². The zero-order valence-electron chi connectivity index (χ0n) is 12.6. The molecule has 1 saturated heterocycles. The zero-order valence-corrected chi connectivity index (χ0v) is 14.2. The second-order valence-corrected chi connectivity index (χ2v) is 6.93. The summed E-state index contributed by atoms with van der Waals surface area (Å²) in [6.45, 7) is 0. The Hall–Kier alpha value is -1.97. The third kappa shape index (κ3) is 3.14. The molecule has 132 valence electrons. The Balaban J connectivity index is 2.15. The molecule has 9 heteroatoms. The van der Waals surface area contributed by atoms with Crippen molar-refractivity contribution in [2.45, 2.75) is 17.9 Å². The van der Waals surface area contributed by atoms with E-state index < -0.39 is 29.6 Å². The normalized spacial score (nSPS) is 26.6. The number of carbonyl (C=O) groups is 1. The van der Waals surface area contributed by atoms with Crippen molar-refractivity contribution < 1.29 is 23.1 Å². The van der Waals surface area contributed by atoms with Crippen LogP contribution in [0.15, 0.2) is 47.8 Å². The van der Waals surface area contributed by atoms with Crippen molar-refractivity contribution in [3.63, 3.8) is 0 Å². The Morgan fingerprint density at radius 3 is 2.44 bits per heavy atom. The maximum Gasteiger partial charge on any atom is 0.437 e. The number of hydrogen-bond donors (Lipinski definition) is 3. The molecule has 0 aliphatic carbocycles. The first-order valence-corrected chi connectivity index (χ1v) is 8.53. The number of thiophene rings is 1. The molecular weight excluding hydrogens is 373 g/mol. The van der Waals surface area contributed by atoms with Crippen LogP contribution in [0.3, 0.4) is 0 Å². The minimum Gasteiger partial charge on any atom is -0.363 e. The summed E-state index contributed by atoms with van der Waals surface area (Å²) in [5.41, 5.74) is -3.05. The van der Waals surface area contributed by atoms with Gasteiger partial charge < -0.3 is 15.7 Å². The van der Waals surface area contributed by atoms with Gasteiger partial charge in [0.25, 0.3) is 0 Å². The second-order valence-electron chi connectivity index (χ2n) is 5.57. The van der Waals surface area contributed by atoms with Crippen molar-refractivity contribution in [1.82, 2.24) is 10.6 Å². The first kappa shape index (κ1) is 17.8. The Bertz CT molecular complexity index is 780. The minimum absolute atomic E-state index is 0.130. The minimum atomic E-state index is -5.11. The molecule has 0 saturated carbocycles. The van der Waals surface area contributed by atoms with Gasteiger partial charge in [-0.05, 0) is 29.2 Å². The molecule has 1 aliphatic rings. The molecule has 1 aliphatic heterocycles. The fraction of sp³-hybridized carbons (Fsp3) is 0.250. The Labute approximate surface area is 150 Å². The molecule has 3 rings (SSSR count). The lowest BCUT2D eigenvalue weighted by molar-refractivity contribution is -0.285. The molecule has 1 aromatic heterocycles. The molecule has 2 heterocycles. The van der Waals surface area contributed by atoms with Gasteiger partial charge in [0, 0.05) is 0 Å². The van der Waals surface area contributed by atoms with Gasteiger partial charge in [0.05, 0.1) is 10.9 Å². The summed E-state index contributed by atoms with van der Waals surface area (Å²) >= 11 is 5.87. The molecule has 4 nitrogen and oxygen atoms in total. The summed E-state index contributed by atoms with van der Waals surface area (Å²) < 4.78 is 41.1. The zero-order chi connectivity index (χ0) is 18.2. The average molecular weight is 386 g/mol. The van der Waals surface area contributed by atoms with Crippen molar-refractivity contribution in [3.05, 3.63) is 58.3 Å². The summed E-state index contributed by atoms with van der Waals surface area (Å²) in [6, 6.07) is 10.0. The first-order chi connectivity index (χ1) is 11.7. The van der Waals surface area contributed by atoms with Gasteiger partial charge in [-0.15, -0.1) is 11.3 Å². The molecule has 25 heavy (non-hydrogen) atoms. The summed E-state index contributed by atoms with van der Waals surface area (Å²) in [4.78, 5) is 13.0. The van der Waals surface area contributed by atoms with Crippen LogP contribution in [-0.2, 0) is 0 Å². The summed E-state index contributed by atoms with van der Waals surface area (Å²) in [5, 5.41) is 16.2. The first-order valence-electron chi connectivity index (χ1n) is 7.24. The summed E-state index contributed by atoms with van der Waals surface area (Å²) in [5.74, 6) is -2.66. The molecule has 0 radical (unpaired) electrons. The smallest absolute Gasteiger partial charge is 0.363 e. The molecule has 0 unspecified atom stereocenters. The van der Waals surface area contributed by atoms with Crippen LogP contribution in [0.2, 0.25) is 0 Å². The number of hydrogen-bond acceptors (Lipinski definition) is 4. The van der Waals surface area contributed by atoms with E-state index in [1.54, 1.807) is 41.8 Å². The molecule has 0 spiro atoms. The molecule has 0 bridgehead atoms. The predicted molar refractivity (Wildman–Crippen MR) is 91.2 cm³/mol. The van der Waals surface area contributed by atoms with E-state index >= 15 is 0 Å². The van der Waals surface area contributed by atoms with Crippen LogP contribution in [0.25, 0.3) is 0 Å². The molecule has 1 fully saturated rings. The highest BCUT2D eigenvalue weighted by atomic mass is 32.1. The van der Waals surface area contributed by atoms with Gasteiger partial charge in [-0.2, -0.15) is 13.2 Å². The van der Waals surface area contributed by atoms with E-state index in [1.165, 1.54) is 6.07 Å². The van der Waals surface area contributed by atoms with Gasteiger partial charge in [0.15, 0.2) is 10.9 Å². The van der Waals surface area contributed by atoms with Crippen LogP contribution in [-0.4, -0.2) is 27.9 Å². The highest BCUT2D eigenvalue weighted by Gasteiger charge is 2.65. The number of nitrogens with one attached hydrogen (secondary N) is 2. The van der Waals surface area contributed by atoms with E-state index in [9.17, 15) is 23.1 Å². The Morgan fingerprint density at radius 2 is 1.88 bits per heavy atom. The lowest BCUT2D eigenvalue weighted by Crippen LogP contribution is -2.72. The predicted octanol–water partition coefficient (Wildman–Crippen LogP) is 3.02. The van der Waals surface area contributed by atoms with E-state index in [1.807, 2.05) is 5.32 Å². The summed E-state index contributed by atoms with van der Waals surface area (Å²) in [7, 11) is 0. The highest BCUT2D eigenvalue weighted by Crippen LogP contribution is 2.44. The van der Waals surface area contributed by atoms with E-state index in [2.05, 4.69) is 5.32 Å². The van der Waals surface area contributed by atoms with Crippen LogP contribution >= 0.6 is 23.6 Å². The number of carbonyl (C=O) groups excluding carboxylic acids is 1. The van der Waals surface area contributed by atoms with Crippen LogP contribution in [0.5, 0.6) is 0 Å². The lowest BCUT2D eigenvalue weighted by atomic mass is 9.79. The number of alkyl halides is 3. The monoisotopic (exact) mass is 386 g/mol. The third-order valence-corrected chi connectivity index (χ3v) is 5.12. The fourth-order valence-corrected chi connectivity index (χ4v) is 3.84. The van der Waals surface area contributed by atoms with Crippen molar-refractivity contribution in [3.8, 4) is 0 Å². The molecule has 3 atom stereocenters. The third-order valence-electron chi connectivity index (χ3n) is 4.01. The standard InChI is InChI=1S/C16H13F3N2O2S2/c17-16(18,19)15(23)11(13(22)10-7-4-8-25-10)12(20-14(24)21-15)9-5-2-1-3-6-9/h1-8,11-12,23H,(H2,20,21,24)/t11-,12-,15-/m1/s1. The maximum absolute atomic E-state index is 13.7. The largest absolute Gasteiger partial charge is 0.437 e. The van der Waals surface area contributed by atoms with Crippen LogP contribution in [0, 0.1) is 5.92 Å². The molecule has 3 N–H and O–H groups in total. The molecular formula is C16H13F3N2O2S2. The van der Waals surface area contributed by atoms with Gasteiger partial charge in [0.2, 0.25) is 5.72 Å². The Morgan fingerprint density at radius 1 is 1.20 bits per heavy atom. The fourth-order valence-electron chi connectivity index (χ4n) is 2.85.